The summed E-state index contributed by atoms with van der Waals surface area (Å²) in [4.78, 5) is 3.20. The highest BCUT2D eigenvalue weighted by Crippen LogP contribution is 2.25. The van der Waals surface area contributed by atoms with Gasteiger partial charge < -0.3 is 4.90 Å². The third kappa shape index (κ3) is 3.85. The van der Waals surface area contributed by atoms with Crippen LogP contribution in [0.1, 0.15) is 4.88 Å². The minimum absolute atomic E-state index is 0.839. The molecule has 1 heterocycles. The Hall–Kier alpha value is 0.230. The molecule has 0 bridgehead atoms. The molecule has 0 radical (unpaired) electrons. The molecule has 0 aliphatic heterocycles. The molecule has 0 unspecified atom stereocenters. The summed E-state index contributed by atoms with van der Waals surface area (Å²) in [7, 11) is 3.91. The van der Waals surface area contributed by atoms with E-state index in [9.17, 15) is 0 Å². The van der Waals surface area contributed by atoms with Gasteiger partial charge >= 0.3 is 0 Å². The van der Waals surface area contributed by atoms with E-state index in [1.54, 1.807) is 23.1 Å². The van der Waals surface area contributed by atoms with Crippen molar-refractivity contribution in [3.63, 3.8) is 0 Å². The molecule has 1 aromatic heterocycles. The first-order valence-electron chi connectivity index (χ1n) is 3.68. The summed E-state index contributed by atoms with van der Waals surface area (Å²) in [6.07, 6.45) is 0. The van der Waals surface area contributed by atoms with Crippen molar-refractivity contribution in [1.29, 1.82) is 0 Å². The van der Waals surface area contributed by atoms with Crippen molar-refractivity contribution >= 4 is 51.2 Å². The van der Waals surface area contributed by atoms with Crippen LogP contribution >= 0.6 is 46.9 Å². The van der Waals surface area contributed by atoms with Crippen LogP contribution in [0.25, 0.3) is 0 Å². The predicted molar refractivity (Wildman–Crippen MR) is 66.9 cm³/mol. The standard InChI is InChI=1S/C8H10ClNS3/c1-10(2)8(11)12-5-6-3-4-7(9)13-6/h3-4H,5H2,1-2H3. The molecule has 0 fully saturated rings. The average Bonchev–Trinajstić information content (AvgIpc) is 2.47. The van der Waals surface area contributed by atoms with Gasteiger partial charge in [-0.15, -0.1) is 11.3 Å². The zero-order valence-electron chi connectivity index (χ0n) is 7.41. The number of rotatable bonds is 2. The Bertz CT molecular complexity index is 295. The first kappa shape index (κ1) is 11.3. The highest BCUT2D eigenvalue weighted by atomic mass is 35.5. The number of hydrogen-bond donors (Lipinski definition) is 0. The van der Waals surface area contributed by atoms with Gasteiger partial charge in [-0.25, -0.2) is 0 Å². The first-order valence-corrected chi connectivity index (χ1v) is 6.26. The highest BCUT2D eigenvalue weighted by Gasteiger charge is 2.02. The van der Waals surface area contributed by atoms with Crippen LogP contribution in [0, 0.1) is 0 Å². The predicted octanol–water partition coefficient (Wildman–Crippen LogP) is 3.48. The van der Waals surface area contributed by atoms with Crippen LogP contribution in [-0.4, -0.2) is 23.3 Å². The van der Waals surface area contributed by atoms with Crippen LogP contribution in [0.5, 0.6) is 0 Å². The lowest BCUT2D eigenvalue weighted by molar-refractivity contribution is 0.648. The molecule has 0 amide bonds. The molecular weight excluding hydrogens is 242 g/mol. The summed E-state index contributed by atoms with van der Waals surface area (Å²) in [5.41, 5.74) is 0. The maximum atomic E-state index is 5.80. The van der Waals surface area contributed by atoms with Crippen molar-refractivity contribution in [3.8, 4) is 0 Å². The normalized spacial score (nSPS) is 10.1. The van der Waals surface area contributed by atoms with E-state index >= 15 is 0 Å². The molecule has 1 aromatic rings. The number of thioether (sulfide) groups is 1. The third-order valence-corrected chi connectivity index (χ3v) is 4.53. The minimum Gasteiger partial charge on any atom is -0.364 e. The summed E-state index contributed by atoms with van der Waals surface area (Å²) in [5, 5.41) is 0. The topological polar surface area (TPSA) is 3.24 Å². The van der Waals surface area contributed by atoms with E-state index in [0.717, 1.165) is 14.4 Å². The molecule has 0 aliphatic rings. The first-order chi connectivity index (χ1) is 6.09. The van der Waals surface area contributed by atoms with Crippen molar-refractivity contribution < 1.29 is 0 Å². The Morgan fingerprint density at radius 3 is 2.77 bits per heavy atom. The molecule has 0 aromatic carbocycles. The smallest absolute Gasteiger partial charge is 0.136 e. The highest BCUT2D eigenvalue weighted by molar-refractivity contribution is 8.22. The lowest BCUT2D eigenvalue weighted by atomic mass is 10.5. The Kier molecular flexibility index (Phi) is 4.52. The van der Waals surface area contributed by atoms with Gasteiger partial charge in [-0.1, -0.05) is 35.6 Å². The SMILES string of the molecule is CN(C)C(=S)SCc1ccc(Cl)s1. The quantitative estimate of drug-likeness (QED) is 0.741. The lowest BCUT2D eigenvalue weighted by Gasteiger charge is -2.11. The minimum atomic E-state index is 0.839. The molecule has 13 heavy (non-hydrogen) atoms. The van der Waals surface area contributed by atoms with E-state index in [2.05, 4.69) is 0 Å². The average molecular weight is 252 g/mol. The van der Waals surface area contributed by atoms with E-state index in [1.807, 2.05) is 31.1 Å². The molecular formula is C8H10ClNS3. The van der Waals surface area contributed by atoms with Crippen molar-refractivity contribution in [2.45, 2.75) is 5.75 Å². The van der Waals surface area contributed by atoms with Gasteiger partial charge in [0.2, 0.25) is 0 Å². The Morgan fingerprint density at radius 2 is 2.31 bits per heavy atom. The van der Waals surface area contributed by atoms with Crippen LogP contribution in [0.2, 0.25) is 4.34 Å². The summed E-state index contributed by atoms with van der Waals surface area (Å²) in [6.45, 7) is 0. The van der Waals surface area contributed by atoms with Gasteiger partial charge in [0.15, 0.2) is 0 Å². The second-order valence-corrected chi connectivity index (χ2v) is 6.06. The van der Waals surface area contributed by atoms with E-state index in [4.69, 9.17) is 23.8 Å². The van der Waals surface area contributed by atoms with Gasteiger partial charge in [0.25, 0.3) is 0 Å². The largest absolute Gasteiger partial charge is 0.364 e. The molecule has 1 rings (SSSR count). The van der Waals surface area contributed by atoms with E-state index in [0.29, 0.717) is 0 Å². The molecule has 1 nitrogen and oxygen atoms in total. The third-order valence-electron chi connectivity index (χ3n) is 1.33. The van der Waals surface area contributed by atoms with E-state index in [-0.39, 0.29) is 0 Å². The molecule has 0 N–H and O–H groups in total. The molecule has 0 spiro atoms. The summed E-state index contributed by atoms with van der Waals surface area (Å²) < 4.78 is 1.75. The van der Waals surface area contributed by atoms with Crippen molar-refractivity contribution in [3.05, 3.63) is 21.3 Å². The molecule has 0 aliphatic carbocycles. The Morgan fingerprint density at radius 1 is 1.62 bits per heavy atom. The second-order valence-electron chi connectivity index (χ2n) is 2.65. The number of hydrogen-bond acceptors (Lipinski definition) is 3. The second kappa shape index (κ2) is 5.20. The number of halogens is 1. The lowest BCUT2D eigenvalue weighted by Crippen LogP contribution is -2.15. The van der Waals surface area contributed by atoms with Gasteiger partial charge in [0.1, 0.15) is 4.32 Å². The van der Waals surface area contributed by atoms with Gasteiger partial charge in [-0.3, -0.25) is 0 Å². The van der Waals surface area contributed by atoms with Crippen molar-refractivity contribution in [2.75, 3.05) is 14.1 Å². The fraction of sp³-hybridized carbons (Fsp3) is 0.375. The number of nitrogens with zero attached hydrogens (tertiary/aromatic N) is 1. The Labute approximate surface area is 97.1 Å². The monoisotopic (exact) mass is 251 g/mol. The maximum Gasteiger partial charge on any atom is 0.136 e. The van der Waals surface area contributed by atoms with Crippen LogP contribution in [0.15, 0.2) is 12.1 Å². The van der Waals surface area contributed by atoms with Crippen molar-refractivity contribution in [2.24, 2.45) is 0 Å². The van der Waals surface area contributed by atoms with Crippen LogP contribution in [0.4, 0.5) is 0 Å². The Balaban J connectivity index is 2.39. The fourth-order valence-corrected chi connectivity index (χ4v) is 2.78. The van der Waals surface area contributed by atoms with Gasteiger partial charge in [0.05, 0.1) is 4.34 Å². The molecule has 0 atom stereocenters. The maximum absolute atomic E-state index is 5.80. The van der Waals surface area contributed by atoms with Gasteiger partial charge in [0, 0.05) is 24.7 Å². The summed E-state index contributed by atoms with van der Waals surface area (Å²) in [6, 6.07) is 3.96. The van der Waals surface area contributed by atoms with E-state index < -0.39 is 0 Å². The number of thiocarbonyl (C=S) groups is 1. The summed E-state index contributed by atoms with van der Waals surface area (Å²) in [5.74, 6) is 0.911. The van der Waals surface area contributed by atoms with Crippen LogP contribution < -0.4 is 0 Å². The molecule has 72 valence electrons. The van der Waals surface area contributed by atoms with Gasteiger partial charge in [-0.2, -0.15) is 0 Å². The van der Waals surface area contributed by atoms with Crippen LogP contribution in [0.3, 0.4) is 0 Å². The van der Waals surface area contributed by atoms with Crippen LogP contribution in [-0.2, 0) is 5.75 Å². The molecule has 5 heteroatoms. The fourth-order valence-electron chi connectivity index (χ4n) is 0.691. The van der Waals surface area contributed by atoms with Gasteiger partial charge in [-0.05, 0) is 12.1 Å². The zero-order chi connectivity index (χ0) is 9.84. The summed E-state index contributed by atoms with van der Waals surface area (Å²) >= 11 is 14.2. The number of thiophene rings is 1. The van der Waals surface area contributed by atoms with Crippen molar-refractivity contribution in [1.82, 2.24) is 4.90 Å². The molecule has 0 saturated carbocycles. The van der Waals surface area contributed by atoms with E-state index in [1.165, 1.54) is 4.88 Å². The molecule has 0 saturated heterocycles. The zero-order valence-corrected chi connectivity index (χ0v) is 10.6.